The van der Waals surface area contributed by atoms with Crippen LogP contribution in [0.15, 0.2) is 0 Å². The SMILES string of the molecule is CC1CN(C(=O)CSCC2CNC2)CCO1. The summed E-state index contributed by atoms with van der Waals surface area (Å²) < 4.78 is 5.42. The molecule has 92 valence electrons. The van der Waals surface area contributed by atoms with E-state index >= 15 is 0 Å². The van der Waals surface area contributed by atoms with Crippen molar-refractivity contribution in [3.63, 3.8) is 0 Å². The quantitative estimate of drug-likeness (QED) is 0.766. The molecule has 0 aromatic rings. The number of hydrogen-bond donors (Lipinski definition) is 1. The van der Waals surface area contributed by atoms with Crippen LogP contribution in [-0.2, 0) is 9.53 Å². The van der Waals surface area contributed by atoms with E-state index in [0.29, 0.717) is 12.4 Å². The lowest BCUT2D eigenvalue weighted by Crippen LogP contribution is -2.46. The zero-order valence-electron chi connectivity index (χ0n) is 9.78. The van der Waals surface area contributed by atoms with Gasteiger partial charge in [0, 0.05) is 13.1 Å². The third kappa shape index (κ3) is 3.37. The lowest BCUT2D eigenvalue weighted by Gasteiger charge is -2.31. The molecule has 4 nitrogen and oxygen atoms in total. The van der Waals surface area contributed by atoms with Crippen LogP contribution < -0.4 is 5.32 Å². The van der Waals surface area contributed by atoms with Crippen molar-refractivity contribution < 1.29 is 9.53 Å². The fourth-order valence-corrected chi connectivity index (χ4v) is 2.96. The molecule has 16 heavy (non-hydrogen) atoms. The highest BCUT2D eigenvalue weighted by molar-refractivity contribution is 7.99. The predicted octanol–water partition coefficient (Wildman–Crippen LogP) is 0.186. The second kappa shape index (κ2) is 5.89. The van der Waals surface area contributed by atoms with Gasteiger partial charge >= 0.3 is 0 Å². The summed E-state index contributed by atoms with van der Waals surface area (Å²) in [5, 5.41) is 3.24. The zero-order valence-corrected chi connectivity index (χ0v) is 10.6. The second-order valence-corrected chi connectivity index (χ2v) is 5.59. The lowest BCUT2D eigenvalue weighted by atomic mass is 10.1. The summed E-state index contributed by atoms with van der Waals surface area (Å²) in [6.07, 6.45) is 0.193. The van der Waals surface area contributed by atoms with Crippen LogP contribution in [0.4, 0.5) is 0 Å². The topological polar surface area (TPSA) is 41.6 Å². The molecule has 0 spiro atoms. The zero-order chi connectivity index (χ0) is 11.4. The number of rotatable bonds is 4. The van der Waals surface area contributed by atoms with E-state index in [-0.39, 0.29) is 12.0 Å². The van der Waals surface area contributed by atoms with Gasteiger partial charge in [-0.15, -0.1) is 0 Å². The van der Waals surface area contributed by atoms with Gasteiger partial charge in [-0.3, -0.25) is 4.79 Å². The van der Waals surface area contributed by atoms with Crippen molar-refractivity contribution in [1.29, 1.82) is 0 Å². The second-order valence-electron chi connectivity index (χ2n) is 4.56. The van der Waals surface area contributed by atoms with E-state index in [2.05, 4.69) is 5.32 Å². The van der Waals surface area contributed by atoms with Gasteiger partial charge in [-0.1, -0.05) is 0 Å². The molecule has 0 radical (unpaired) electrons. The number of amides is 1. The molecule has 2 aliphatic rings. The summed E-state index contributed by atoms with van der Waals surface area (Å²) in [5.74, 6) is 2.79. The molecule has 0 saturated carbocycles. The summed E-state index contributed by atoms with van der Waals surface area (Å²) in [4.78, 5) is 13.8. The third-order valence-corrected chi connectivity index (χ3v) is 4.20. The molecule has 1 N–H and O–H groups in total. The number of carbonyl (C=O) groups is 1. The number of ether oxygens (including phenoxy) is 1. The van der Waals surface area contributed by atoms with E-state index in [0.717, 1.165) is 37.8 Å². The van der Waals surface area contributed by atoms with Crippen LogP contribution in [0.1, 0.15) is 6.92 Å². The van der Waals surface area contributed by atoms with E-state index in [1.165, 1.54) is 0 Å². The number of hydrogen-bond acceptors (Lipinski definition) is 4. The Labute approximate surface area is 101 Å². The van der Waals surface area contributed by atoms with E-state index in [4.69, 9.17) is 4.74 Å². The largest absolute Gasteiger partial charge is 0.375 e. The van der Waals surface area contributed by atoms with Gasteiger partial charge in [0.15, 0.2) is 0 Å². The Morgan fingerprint density at radius 1 is 1.56 bits per heavy atom. The molecular formula is C11H20N2O2S. The normalized spacial score (nSPS) is 26.6. The fraction of sp³-hybridized carbons (Fsp3) is 0.909. The van der Waals surface area contributed by atoms with Crippen molar-refractivity contribution in [2.24, 2.45) is 5.92 Å². The molecule has 0 aromatic carbocycles. The Hall–Kier alpha value is -0.260. The molecule has 1 unspecified atom stereocenters. The number of morpholine rings is 1. The minimum atomic E-state index is 0.193. The van der Waals surface area contributed by atoms with Crippen molar-refractivity contribution in [3.8, 4) is 0 Å². The first-order valence-electron chi connectivity index (χ1n) is 5.93. The highest BCUT2D eigenvalue weighted by Crippen LogP contribution is 2.14. The first-order valence-corrected chi connectivity index (χ1v) is 7.09. The number of nitrogens with one attached hydrogen (secondary N) is 1. The summed E-state index contributed by atoms with van der Waals surface area (Å²) in [6, 6.07) is 0. The van der Waals surface area contributed by atoms with Gasteiger partial charge in [-0.25, -0.2) is 0 Å². The molecule has 0 aliphatic carbocycles. The maximum absolute atomic E-state index is 11.9. The smallest absolute Gasteiger partial charge is 0.232 e. The molecule has 0 bridgehead atoms. The van der Waals surface area contributed by atoms with Crippen molar-refractivity contribution >= 4 is 17.7 Å². The summed E-state index contributed by atoms with van der Waals surface area (Å²) in [5.41, 5.74) is 0. The molecule has 2 rings (SSSR count). The Bertz CT molecular complexity index is 246. The molecule has 2 fully saturated rings. The standard InChI is InChI=1S/C11H20N2O2S/c1-9-6-13(2-3-15-9)11(14)8-16-7-10-4-12-5-10/h9-10,12H,2-8H2,1H3. The highest BCUT2D eigenvalue weighted by atomic mass is 32.2. The van der Waals surface area contributed by atoms with Gasteiger partial charge in [-0.2, -0.15) is 11.8 Å². The number of nitrogens with zero attached hydrogens (tertiary/aromatic N) is 1. The van der Waals surface area contributed by atoms with Gasteiger partial charge in [-0.05, 0) is 31.7 Å². The average Bonchev–Trinajstić information content (AvgIpc) is 2.21. The highest BCUT2D eigenvalue weighted by Gasteiger charge is 2.22. The molecule has 0 aromatic heterocycles. The van der Waals surface area contributed by atoms with Crippen LogP contribution >= 0.6 is 11.8 Å². The maximum atomic E-state index is 11.9. The summed E-state index contributed by atoms with van der Waals surface area (Å²) >= 11 is 1.77. The van der Waals surface area contributed by atoms with E-state index < -0.39 is 0 Å². The number of thioether (sulfide) groups is 1. The Balaban J connectivity index is 1.62. The van der Waals surface area contributed by atoms with Crippen molar-refractivity contribution in [3.05, 3.63) is 0 Å². The number of carbonyl (C=O) groups excluding carboxylic acids is 1. The molecule has 2 heterocycles. The molecule has 5 heteroatoms. The van der Waals surface area contributed by atoms with Gasteiger partial charge < -0.3 is 15.0 Å². The first kappa shape index (κ1) is 12.2. The van der Waals surface area contributed by atoms with Gasteiger partial charge in [0.05, 0.1) is 18.5 Å². The van der Waals surface area contributed by atoms with Gasteiger partial charge in [0.2, 0.25) is 5.91 Å². The van der Waals surface area contributed by atoms with Crippen molar-refractivity contribution in [1.82, 2.24) is 10.2 Å². The predicted molar refractivity (Wildman–Crippen MR) is 65.7 cm³/mol. The van der Waals surface area contributed by atoms with Crippen LogP contribution in [-0.4, -0.2) is 61.2 Å². The van der Waals surface area contributed by atoms with E-state index in [1.807, 2.05) is 11.8 Å². The van der Waals surface area contributed by atoms with Crippen LogP contribution in [0, 0.1) is 5.92 Å². The fourth-order valence-electron chi connectivity index (χ4n) is 1.92. The lowest BCUT2D eigenvalue weighted by molar-refractivity contribution is -0.135. The van der Waals surface area contributed by atoms with E-state index in [1.54, 1.807) is 11.8 Å². The Morgan fingerprint density at radius 3 is 3.00 bits per heavy atom. The molecule has 2 aliphatic heterocycles. The molecule has 1 atom stereocenters. The molecule has 2 saturated heterocycles. The van der Waals surface area contributed by atoms with Gasteiger partial charge in [0.1, 0.15) is 0 Å². The van der Waals surface area contributed by atoms with Gasteiger partial charge in [0.25, 0.3) is 0 Å². The van der Waals surface area contributed by atoms with Crippen LogP contribution in [0.25, 0.3) is 0 Å². The minimum Gasteiger partial charge on any atom is -0.375 e. The van der Waals surface area contributed by atoms with E-state index in [9.17, 15) is 4.79 Å². The summed E-state index contributed by atoms with van der Waals surface area (Å²) in [6.45, 7) is 6.46. The molecule has 1 amide bonds. The Morgan fingerprint density at radius 2 is 2.38 bits per heavy atom. The van der Waals surface area contributed by atoms with Crippen molar-refractivity contribution in [2.75, 3.05) is 44.3 Å². The third-order valence-electron chi connectivity index (χ3n) is 3.04. The summed E-state index contributed by atoms with van der Waals surface area (Å²) in [7, 11) is 0. The van der Waals surface area contributed by atoms with Crippen LogP contribution in [0.3, 0.4) is 0 Å². The average molecular weight is 244 g/mol. The van der Waals surface area contributed by atoms with Crippen LogP contribution in [0.5, 0.6) is 0 Å². The minimum absolute atomic E-state index is 0.193. The van der Waals surface area contributed by atoms with Crippen LogP contribution in [0.2, 0.25) is 0 Å². The monoisotopic (exact) mass is 244 g/mol. The maximum Gasteiger partial charge on any atom is 0.232 e. The Kier molecular flexibility index (Phi) is 4.49. The van der Waals surface area contributed by atoms with Crippen molar-refractivity contribution in [2.45, 2.75) is 13.0 Å². The first-order chi connectivity index (χ1) is 7.75. The molecular weight excluding hydrogens is 224 g/mol.